The first-order valence-corrected chi connectivity index (χ1v) is 12.8. The van der Waals surface area contributed by atoms with E-state index in [-0.39, 0.29) is 18.1 Å². The van der Waals surface area contributed by atoms with Gasteiger partial charge in [0.1, 0.15) is 12.6 Å². The second kappa shape index (κ2) is 10.6. The third-order valence-electron chi connectivity index (χ3n) is 4.98. The number of amides is 2. The summed E-state index contributed by atoms with van der Waals surface area (Å²) in [6, 6.07) is 13.2. The van der Waals surface area contributed by atoms with Crippen molar-refractivity contribution in [3.8, 4) is 0 Å². The molecule has 0 aliphatic heterocycles. The summed E-state index contributed by atoms with van der Waals surface area (Å²) in [5.74, 6) is -0.825. The Labute approximate surface area is 201 Å². The van der Waals surface area contributed by atoms with Gasteiger partial charge in [-0.3, -0.25) is 13.9 Å². The van der Waals surface area contributed by atoms with Crippen LogP contribution in [0, 0.1) is 6.92 Å². The maximum atomic E-state index is 13.4. The topological polar surface area (TPSA) is 86.8 Å². The standard InChI is InChI=1S/C24H32ClN3O4S/c1-17-12-13-20(14-21(17)25)28(33(6,31)32)16-22(29)27(15-19-10-8-7-9-11-19)18(2)23(30)26-24(3,4)5/h7-14,18H,15-16H2,1-6H3,(H,26,30). The van der Waals surface area contributed by atoms with Gasteiger partial charge in [0.2, 0.25) is 21.8 Å². The van der Waals surface area contributed by atoms with Crippen LogP contribution in [0.3, 0.4) is 0 Å². The van der Waals surface area contributed by atoms with Crippen LogP contribution in [0.4, 0.5) is 5.69 Å². The quantitative estimate of drug-likeness (QED) is 0.606. The minimum absolute atomic E-state index is 0.157. The van der Waals surface area contributed by atoms with Crippen LogP contribution in [0.15, 0.2) is 48.5 Å². The van der Waals surface area contributed by atoms with Crippen LogP contribution in [-0.2, 0) is 26.2 Å². The Balaban J connectivity index is 2.40. The smallest absolute Gasteiger partial charge is 0.244 e. The summed E-state index contributed by atoms with van der Waals surface area (Å²) in [7, 11) is -3.80. The molecule has 0 aromatic heterocycles. The molecule has 0 aliphatic rings. The van der Waals surface area contributed by atoms with Crippen LogP contribution in [0.2, 0.25) is 5.02 Å². The van der Waals surface area contributed by atoms with Gasteiger partial charge in [-0.15, -0.1) is 0 Å². The molecule has 0 saturated carbocycles. The molecular weight excluding hydrogens is 462 g/mol. The first-order valence-electron chi connectivity index (χ1n) is 10.6. The molecule has 0 aliphatic carbocycles. The average Bonchev–Trinajstić information content (AvgIpc) is 2.70. The van der Waals surface area contributed by atoms with Gasteiger partial charge in [0.25, 0.3) is 0 Å². The van der Waals surface area contributed by atoms with Gasteiger partial charge in [-0.1, -0.05) is 48.0 Å². The maximum Gasteiger partial charge on any atom is 0.244 e. The molecule has 2 aromatic rings. The lowest BCUT2D eigenvalue weighted by Gasteiger charge is -2.33. The zero-order valence-electron chi connectivity index (χ0n) is 19.9. The molecule has 0 spiro atoms. The van der Waals surface area contributed by atoms with Gasteiger partial charge < -0.3 is 10.2 Å². The van der Waals surface area contributed by atoms with Gasteiger partial charge in [0.15, 0.2) is 0 Å². The number of anilines is 1. The molecule has 2 aromatic carbocycles. The Morgan fingerprint density at radius 3 is 2.21 bits per heavy atom. The number of halogens is 1. The number of benzene rings is 2. The van der Waals surface area contributed by atoms with Crippen LogP contribution in [0.25, 0.3) is 0 Å². The van der Waals surface area contributed by atoms with Gasteiger partial charge in [-0.05, 0) is 57.9 Å². The molecule has 2 rings (SSSR count). The highest BCUT2D eigenvalue weighted by atomic mass is 35.5. The third-order valence-corrected chi connectivity index (χ3v) is 6.53. The lowest BCUT2D eigenvalue weighted by atomic mass is 10.1. The number of nitrogens with one attached hydrogen (secondary N) is 1. The Bertz CT molecular complexity index is 1100. The first kappa shape index (κ1) is 26.7. The van der Waals surface area contributed by atoms with Crippen molar-refractivity contribution in [2.75, 3.05) is 17.1 Å². The fraction of sp³-hybridized carbons (Fsp3) is 0.417. The first-order chi connectivity index (χ1) is 15.2. The predicted octanol–water partition coefficient (Wildman–Crippen LogP) is 3.75. The van der Waals surface area contributed by atoms with Crippen molar-refractivity contribution in [3.63, 3.8) is 0 Å². The van der Waals surface area contributed by atoms with Crippen LogP contribution >= 0.6 is 11.6 Å². The zero-order chi connectivity index (χ0) is 25.0. The summed E-state index contributed by atoms with van der Waals surface area (Å²) in [4.78, 5) is 27.7. The molecule has 180 valence electrons. The molecule has 33 heavy (non-hydrogen) atoms. The van der Waals surface area contributed by atoms with E-state index in [2.05, 4.69) is 5.32 Å². The van der Waals surface area contributed by atoms with E-state index < -0.39 is 34.1 Å². The number of carbonyl (C=O) groups excluding carboxylic acids is 2. The van der Waals surface area contributed by atoms with E-state index in [0.717, 1.165) is 21.7 Å². The van der Waals surface area contributed by atoms with Gasteiger partial charge in [-0.2, -0.15) is 0 Å². The molecule has 0 bridgehead atoms. The lowest BCUT2D eigenvalue weighted by Crippen LogP contribution is -2.54. The van der Waals surface area contributed by atoms with E-state index in [4.69, 9.17) is 11.6 Å². The number of sulfonamides is 1. The molecule has 1 unspecified atom stereocenters. The number of nitrogens with zero attached hydrogens (tertiary/aromatic N) is 2. The molecule has 0 radical (unpaired) electrons. The SMILES string of the molecule is Cc1ccc(N(CC(=O)N(Cc2ccccc2)C(C)C(=O)NC(C)(C)C)S(C)(=O)=O)cc1Cl. The molecule has 1 N–H and O–H groups in total. The summed E-state index contributed by atoms with van der Waals surface area (Å²) in [6.45, 7) is 8.70. The molecule has 9 heteroatoms. The molecule has 0 heterocycles. The van der Waals surface area contributed by atoms with Crippen LogP contribution in [0.1, 0.15) is 38.8 Å². The normalized spacial score (nSPS) is 12.7. The van der Waals surface area contributed by atoms with E-state index >= 15 is 0 Å². The molecule has 0 saturated heterocycles. The van der Waals surface area contributed by atoms with Gasteiger partial charge in [0, 0.05) is 17.1 Å². The van der Waals surface area contributed by atoms with E-state index in [9.17, 15) is 18.0 Å². The molecule has 1 atom stereocenters. The maximum absolute atomic E-state index is 13.4. The zero-order valence-corrected chi connectivity index (χ0v) is 21.5. The van der Waals surface area contributed by atoms with E-state index in [1.54, 1.807) is 26.0 Å². The van der Waals surface area contributed by atoms with Gasteiger partial charge in [0.05, 0.1) is 11.9 Å². The number of carbonyl (C=O) groups is 2. The second-order valence-corrected chi connectivity index (χ2v) is 11.4. The highest BCUT2D eigenvalue weighted by molar-refractivity contribution is 7.92. The predicted molar refractivity (Wildman–Crippen MR) is 133 cm³/mol. The Hall–Kier alpha value is -2.58. The molecule has 7 nitrogen and oxygen atoms in total. The number of rotatable bonds is 8. The van der Waals surface area contributed by atoms with Crippen molar-refractivity contribution in [1.29, 1.82) is 0 Å². The monoisotopic (exact) mass is 493 g/mol. The fourth-order valence-corrected chi connectivity index (χ4v) is 4.20. The summed E-state index contributed by atoms with van der Waals surface area (Å²) in [5.41, 5.74) is 1.42. The van der Waals surface area contributed by atoms with Crippen molar-refractivity contribution in [2.24, 2.45) is 0 Å². The number of aryl methyl sites for hydroxylation is 1. The van der Waals surface area contributed by atoms with Crippen molar-refractivity contribution in [1.82, 2.24) is 10.2 Å². The van der Waals surface area contributed by atoms with Crippen molar-refractivity contribution < 1.29 is 18.0 Å². The van der Waals surface area contributed by atoms with Gasteiger partial charge >= 0.3 is 0 Å². The van der Waals surface area contributed by atoms with E-state index in [1.807, 2.05) is 51.1 Å². The largest absolute Gasteiger partial charge is 0.350 e. The highest BCUT2D eigenvalue weighted by Gasteiger charge is 2.31. The Morgan fingerprint density at radius 1 is 1.09 bits per heavy atom. The van der Waals surface area contributed by atoms with Crippen LogP contribution in [0.5, 0.6) is 0 Å². The minimum Gasteiger partial charge on any atom is -0.350 e. The number of hydrogen-bond acceptors (Lipinski definition) is 4. The number of hydrogen-bond donors (Lipinski definition) is 1. The van der Waals surface area contributed by atoms with E-state index in [0.29, 0.717) is 5.02 Å². The van der Waals surface area contributed by atoms with E-state index in [1.165, 1.54) is 11.0 Å². The second-order valence-electron chi connectivity index (χ2n) is 9.13. The van der Waals surface area contributed by atoms with Crippen molar-refractivity contribution >= 4 is 39.1 Å². The van der Waals surface area contributed by atoms with Crippen molar-refractivity contribution in [2.45, 2.75) is 52.7 Å². The molecular formula is C24H32ClN3O4S. The third kappa shape index (κ3) is 7.75. The summed E-state index contributed by atoms with van der Waals surface area (Å²) in [5, 5.41) is 3.28. The molecule has 0 fully saturated rings. The highest BCUT2D eigenvalue weighted by Crippen LogP contribution is 2.25. The average molecular weight is 494 g/mol. The fourth-order valence-electron chi connectivity index (χ4n) is 3.19. The summed E-state index contributed by atoms with van der Waals surface area (Å²) < 4.78 is 26.1. The Kier molecular flexibility index (Phi) is 8.54. The summed E-state index contributed by atoms with van der Waals surface area (Å²) in [6.07, 6.45) is 1.03. The van der Waals surface area contributed by atoms with Crippen LogP contribution < -0.4 is 9.62 Å². The molecule has 2 amide bonds. The lowest BCUT2D eigenvalue weighted by molar-refractivity contribution is -0.140. The minimum atomic E-state index is -3.80. The van der Waals surface area contributed by atoms with Crippen LogP contribution in [-0.4, -0.2) is 49.5 Å². The Morgan fingerprint density at radius 2 is 1.70 bits per heavy atom. The summed E-state index contributed by atoms with van der Waals surface area (Å²) >= 11 is 6.20. The van der Waals surface area contributed by atoms with Crippen molar-refractivity contribution in [3.05, 3.63) is 64.7 Å². The van der Waals surface area contributed by atoms with Gasteiger partial charge in [-0.25, -0.2) is 8.42 Å².